The highest BCUT2D eigenvalue weighted by molar-refractivity contribution is 6.04. The summed E-state index contributed by atoms with van der Waals surface area (Å²) in [4.78, 5) is 27.4. The maximum Gasteiger partial charge on any atom is 0.274 e. The number of halogens is 1. The zero-order valence-corrected chi connectivity index (χ0v) is 15.5. The van der Waals surface area contributed by atoms with Crippen LogP contribution in [0.3, 0.4) is 0 Å². The van der Waals surface area contributed by atoms with Crippen molar-refractivity contribution in [2.24, 2.45) is 17.6 Å². The van der Waals surface area contributed by atoms with Crippen LogP contribution in [0.1, 0.15) is 30.8 Å². The highest BCUT2D eigenvalue weighted by atomic mass is 35.5. The van der Waals surface area contributed by atoms with Gasteiger partial charge < -0.3 is 10.6 Å². The molecule has 1 saturated heterocycles. The lowest BCUT2D eigenvalue weighted by Crippen LogP contribution is -2.34. The second-order valence-electron chi connectivity index (χ2n) is 6.92. The van der Waals surface area contributed by atoms with Crippen LogP contribution in [0, 0.1) is 11.8 Å². The Hall–Kier alpha value is -1.92. The Morgan fingerprint density at radius 2 is 2.00 bits per heavy atom. The molecule has 1 aliphatic heterocycles. The third kappa shape index (κ3) is 3.85. The molecular formula is C18H25ClN4O2. The lowest BCUT2D eigenvalue weighted by molar-refractivity contribution is 0.0781. The second-order valence-corrected chi connectivity index (χ2v) is 6.92. The van der Waals surface area contributed by atoms with Gasteiger partial charge in [-0.1, -0.05) is 32.0 Å². The number of carbonyl (C=O) groups is 1. The van der Waals surface area contributed by atoms with Gasteiger partial charge in [0.1, 0.15) is 0 Å². The van der Waals surface area contributed by atoms with Gasteiger partial charge in [-0.2, -0.15) is 5.10 Å². The number of nitrogens with zero attached hydrogens (tertiary/aromatic N) is 3. The van der Waals surface area contributed by atoms with Gasteiger partial charge in [0.25, 0.3) is 11.5 Å². The third-order valence-electron chi connectivity index (χ3n) is 4.51. The molecule has 0 saturated carbocycles. The van der Waals surface area contributed by atoms with E-state index in [0.29, 0.717) is 48.6 Å². The molecule has 25 heavy (non-hydrogen) atoms. The highest BCUT2D eigenvalue weighted by Gasteiger charge is 2.28. The van der Waals surface area contributed by atoms with Gasteiger partial charge in [0.05, 0.1) is 5.39 Å². The molecule has 2 heterocycles. The minimum absolute atomic E-state index is 0. The minimum atomic E-state index is -0.142. The van der Waals surface area contributed by atoms with Crippen LogP contribution >= 0.6 is 12.4 Å². The SMILES string of the molecule is CC(C)Cn1nc(C(=O)N2CCC(CN)C2)c2ccccc2c1=O.Cl. The summed E-state index contributed by atoms with van der Waals surface area (Å²) in [5, 5.41) is 5.59. The molecule has 0 spiro atoms. The molecule has 1 amide bonds. The predicted molar refractivity (Wildman–Crippen MR) is 101 cm³/mol. The maximum absolute atomic E-state index is 13.0. The number of likely N-dealkylation sites (tertiary alicyclic amines) is 1. The van der Waals surface area contributed by atoms with E-state index in [1.807, 2.05) is 26.0 Å². The van der Waals surface area contributed by atoms with Crippen LogP contribution in [0.4, 0.5) is 0 Å². The summed E-state index contributed by atoms with van der Waals surface area (Å²) in [5.74, 6) is 0.508. The zero-order chi connectivity index (χ0) is 17.3. The van der Waals surface area contributed by atoms with E-state index in [9.17, 15) is 9.59 Å². The summed E-state index contributed by atoms with van der Waals surface area (Å²) in [6, 6.07) is 7.21. The molecule has 1 aromatic heterocycles. The predicted octanol–water partition coefficient (Wildman–Crippen LogP) is 1.90. The molecule has 0 radical (unpaired) electrons. The average molecular weight is 365 g/mol. The summed E-state index contributed by atoms with van der Waals surface area (Å²) < 4.78 is 1.43. The van der Waals surface area contributed by atoms with Crippen molar-refractivity contribution in [1.29, 1.82) is 0 Å². The van der Waals surface area contributed by atoms with E-state index in [2.05, 4.69) is 5.10 Å². The van der Waals surface area contributed by atoms with E-state index in [-0.39, 0.29) is 29.8 Å². The summed E-state index contributed by atoms with van der Waals surface area (Å²) in [6.07, 6.45) is 0.922. The van der Waals surface area contributed by atoms with Gasteiger partial charge in [0, 0.05) is 25.0 Å². The Morgan fingerprint density at radius 1 is 1.32 bits per heavy atom. The fraction of sp³-hybridized carbons (Fsp3) is 0.500. The summed E-state index contributed by atoms with van der Waals surface area (Å²) in [5.41, 5.74) is 5.95. The maximum atomic E-state index is 13.0. The lowest BCUT2D eigenvalue weighted by Gasteiger charge is -2.18. The Morgan fingerprint density at radius 3 is 2.60 bits per heavy atom. The van der Waals surface area contributed by atoms with Gasteiger partial charge in [0.15, 0.2) is 5.69 Å². The molecule has 6 nitrogen and oxygen atoms in total. The van der Waals surface area contributed by atoms with E-state index in [1.165, 1.54) is 4.68 Å². The van der Waals surface area contributed by atoms with Gasteiger partial charge in [-0.05, 0) is 30.9 Å². The Bertz CT molecular complexity index is 818. The van der Waals surface area contributed by atoms with E-state index in [1.54, 1.807) is 17.0 Å². The van der Waals surface area contributed by atoms with Crippen LogP contribution in [0.5, 0.6) is 0 Å². The third-order valence-corrected chi connectivity index (χ3v) is 4.51. The zero-order valence-electron chi connectivity index (χ0n) is 14.6. The van der Waals surface area contributed by atoms with Crippen LogP contribution in [0.25, 0.3) is 10.8 Å². The molecule has 7 heteroatoms. The Balaban J connectivity index is 0.00000225. The van der Waals surface area contributed by atoms with E-state index in [4.69, 9.17) is 5.73 Å². The monoisotopic (exact) mass is 364 g/mol. The Kier molecular flexibility index (Phi) is 6.19. The Labute approximate surface area is 153 Å². The van der Waals surface area contributed by atoms with Crippen molar-refractivity contribution in [3.8, 4) is 0 Å². The molecule has 0 aliphatic carbocycles. The first-order chi connectivity index (χ1) is 11.5. The number of aromatic nitrogens is 2. The van der Waals surface area contributed by atoms with Gasteiger partial charge in [-0.15, -0.1) is 12.4 Å². The van der Waals surface area contributed by atoms with Crippen molar-refractivity contribution < 1.29 is 4.79 Å². The van der Waals surface area contributed by atoms with Crippen LogP contribution in [-0.2, 0) is 6.54 Å². The first-order valence-electron chi connectivity index (χ1n) is 8.50. The van der Waals surface area contributed by atoms with Gasteiger partial charge >= 0.3 is 0 Å². The van der Waals surface area contributed by atoms with Crippen molar-refractivity contribution in [3.05, 3.63) is 40.3 Å². The van der Waals surface area contributed by atoms with Crippen molar-refractivity contribution in [2.45, 2.75) is 26.8 Å². The molecule has 1 aliphatic rings. The van der Waals surface area contributed by atoms with Crippen LogP contribution in [0.2, 0.25) is 0 Å². The van der Waals surface area contributed by atoms with Gasteiger partial charge in [-0.25, -0.2) is 4.68 Å². The summed E-state index contributed by atoms with van der Waals surface area (Å²) in [6.45, 7) is 6.49. The normalized spacial score (nSPS) is 17.1. The van der Waals surface area contributed by atoms with Crippen molar-refractivity contribution in [1.82, 2.24) is 14.7 Å². The van der Waals surface area contributed by atoms with E-state index < -0.39 is 0 Å². The summed E-state index contributed by atoms with van der Waals surface area (Å²) >= 11 is 0. The molecule has 2 aromatic rings. The van der Waals surface area contributed by atoms with Crippen molar-refractivity contribution in [2.75, 3.05) is 19.6 Å². The van der Waals surface area contributed by atoms with Crippen LogP contribution in [0.15, 0.2) is 29.1 Å². The topological polar surface area (TPSA) is 81.2 Å². The molecule has 1 unspecified atom stereocenters. The fourth-order valence-corrected chi connectivity index (χ4v) is 3.22. The van der Waals surface area contributed by atoms with Gasteiger partial charge in [-0.3, -0.25) is 9.59 Å². The first kappa shape index (κ1) is 19.4. The van der Waals surface area contributed by atoms with Crippen LogP contribution < -0.4 is 11.3 Å². The quantitative estimate of drug-likeness (QED) is 0.898. The number of benzene rings is 1. The molecule has 1 fully saturated rings. The van der Waals surface area contributed by atoms with E-state index >= 15 is 0 Å². The molecule has 3 rings (SSSR count). The molecule has 1 atom stereocenters. The van der Waals surface area contributed by atoms with Crippen LogP contribution in [-0.4, -0.2) is 40.2 Å². The highest BCUT2D eigenvalue weighted by Crippen LogP contribution is 2.20. The number of carbonyl (C=O) groups excluding carboxylic acids is 1. The number of hydrogen-bond acceptors (Lipinski definition) is 4. The number of amides is 1. The number of fused-ring (bicyclic) bond motifs is 1. The molecule has 2 N–H and O–H groups in total. The average Bonchev–Trinajstić information content (AvgIpc) is 3.05. The summed E-state index contributed by atoms with van der Waals surface area (Å²) in [7, 11) is 0. The number of hydrogen-bond donors (Lipinski definition) is 1. The fourth-order valence-electron chi connectivity index (χ4n) is 3.22. The van der Waals surface area contributed by atoms with Gasteiger partial charge in [0.2, 0.25) is 0 Å². The van der Waals surface area contributed by atoms with Crippen molar-refractivity contribution in [3.63, 3.8) is 0 Å². The minimum Gasteiger partial charge on any atom is -0.337 e. The molecule has 0 bridgehead atoms. The van der Waals surface area contributed by atoms with E-state index in [0.717, 1.165) is 6.42 Å². The standard InChI is InChI=1S/C18H24N4O2.ClH/c1-12(2)10-22-17(23)15-6-4-3-5-14(15)16(20-22)18(24)21-8-7-13(9-19)11-21;/h3-6,12-13H,7-11,19H2,1-2H3;1H. The second kappa shape index (κ2) is 7.97. The lowest BCUT2D eigenvalue weighted by atomic mass is 10.1. The first-order valence-corrected chi connectivity index (χ1v) is 8.50. The molecule has 136 valence electrons. The smallest absolute Gasteiger partial charge is 0.274 e. The molecule has 1 aromatic carbocycles. The van der Waals surface area contributed by atoms with Crippen molar-refractivity contribution >= 4 is 29.1 Å². The number of rotatable bonds is 4. The molecular weight excluding hydrogens is 340 g/mol. The number of nitrogens with two attached hydrogens (primary N) is 1. The largest absolute Gasteiger partial charge is 0.337 e.